The van der Waals surface area contributed by atoms with Gasteiger partial charge in [-0.15, -0.1) is 0 Å². The van der Waals surface area contributed by atoms with E-state index in [0.29, 0.717) is 5.75 Å². The van der Waals surface area contributed by atoms with Crippen LogP contribution in [0.1, 0.15) is 0 Å². The molecule has 0 atom stereocenters. The highest BCUT2D eigenvalue weighted by atomic mass is 16.5. The molecule has 15 heavy (non-hydrogen) atoms. The molecule has 0 aliphatic heterocycles. The van der Waals surface area contributed by atoms with Crippen LogP contribution >= 0.6 is 0 Å². The molecule has 0 aliphatic rings. The normalized spacial score (nSPS) is 9.93. The molecule has 2 rings (SSSR count). The van der Waals surface area contributed by atoms with Crippen LogP contribution in [0.3, 0.4) is 0 Å². The number of hydrogen-bond donors (Lipinski definition) is 1. The molecule has 2 aromatic rings. The standard InChI is InChI=1S/C11H10N2O2/c1-15-11-3-9(5-13-7-11)8-2-10(14)6-12-4-8/h2-7,14H,1H3. The van der Waals surface area contributed by atoms with Crippen molar-refractivity contribution in [1.82, 2.24) is 9.97 Å². The van der Waals surface area contributed by atoms with Crippen LogP contribution in [-0.4, -0.2) is 22.2 Å². The van der Waals surface area contributed by atoms with Crippen LogP contribution in [0.15, 0.2) is 36.9 Å². The monoisotopic (exact) mass is 202 g/mol. The van der Waals surface area contributed by atoms with Gasteiger partial charge in [0, 0.05) is 23.5 Å². The Morgan fingerprint density at radius 1 is 1.00 bits per heavy atom. The Labute approximate surface area is 87.2 Å². The molecule has 0 unspecified atom stereocenters. The van der Waals surface area contributed by atoms with Crippen LogP contribution in [-0.2, 0) is 0 Å². The molecule has 0 amide bonds. The minimum absolute atomic E-state index is 0.135. The number of aromatic nitrogens is 2. The molecule has 0 spiro atoms. The number of methoxy groups -OCH3 is 1. The fourth-order valence-electron chi connectivity index (χ4n) is 1.27. The second-order valence-corrected chi connectivity index (χ2v) is 3.05. The van der Waals surface area contributed by atoms with E-state index in [2.05, 4.69) is 9.97 Å². The van der Waals surface area contributed by atoms with Gasteiger partial charge in [-0.3, -0.25) is 9.97 Å². The number of ether oxygens (including phenoxy) is 1. The summed E-state index contributed by atoms with van der Waals surface area (Å²) in [5.41, 5.74) is 1.67. The molecule has 0 aromatic carbocycles. The average Bonchev–Trinajstić information content (AvgIpc) is 2.29. The third kappa shape index (κ3) is 2.04. The fraction of sp³-hybridized carbons (Fsp3) is 0.0909. The van der Waals surface area contributed by atoms with E-state index in [1.807, 2.05) is 6.07 Å². The van der Waals surface area contributed by atoms with Crippen molar-refractivity contribution in [2.45, 2.75) is 0 Å². The lowest BCUT2D eigenvalue weighted by Gasteiger charge is -2.03. The van der Waals surface area contributed by atoms with Gasteiger partial charge in [0.1, 0.15) is 11.5 Å². The van der Waals surface area contributed by atoms with Gasteiger partial charge in [0.25, 0.3) is 0 Å². The molecule has 0 bridgehead atoms. The van der Waals surface area contributed by atoms with Crippen molar-refractivity contribution in [1.29, 1.82) is 0 Å². The van der Waals surface area contributed by atoms with E-state index in [0.717, 1.165) is 11.1 Å². The van der Waals surface area contributed by atoms with Gasteiger partial charge in [-0.05, 0) is 12.1 Å². The van der Waals surface area contributed by atoms with E-state index < -0.39 is 0 Å². The first-order valence-corrected chi connectivity index (χ1v) is 4.43. The van der Waals surface area contributed by atoms with E-state index in [9.17, 15) is 5.11 Å². The Hall–Kier alpha value is -2.10. The Morgan fingerprint density at radius 2 is 1.67 bits per heavy atom. The van der Waals surface area contributed by atoms with Crippen molar-refractivity contribution in [3.05, 3.63) is 36.9 Å². The predicted octanol–water partition coefficient (Wildman–Crippen LogP) is 1.86. The maximum absolute atomic E-state index is 9.29. The minimum atomic E-state index is 0.135. The second kappa shape index (κ2) is 3.96. The molecule has 0 radical (unpaired) electrons. The highest BCUT2D eigenvalue weighted by Gasteiger charge is 2.01. The summed E-state index contributed by atoms with van der Waals surface area (Å²) in [6.45, 7) is 0. The van der Waals surface area contributed by atoms with Gasteiger partial charge >= 0.3 is 0 Å². The van der Waals surface area contributed by atoms with Gasteiger partial charge in [0.15, 0.2) is 0 Å². The molecule has 2 aromatic heterocycles. The largest absolute Gasteiger partial charge is 0.506 e. The van der Waals surface area contributed by atoms with E-state index in [4.69, 9.17) is 4.74 Å². The molecular formula is C11H10N2O2. The molecule has 76 valence electrons. The van der Waals surface area contributed by atoms with Crippen LogP contribution in [0.4, 0.5) is 0 Å². The van der Waals surface area contributed by atoms with Crippen LogP contribution < -0.4 is 4.74 Å². The first kappa shape index (κ1) is 9.45. The van der Waals surface area contributed by atoms with Crippen LogP contribution in [0.2, 0.25) is 0 Å². The van der Waals surface area contributed by atoms with Crippen molar-refractivity contribution in [3.63, 3.8) is 0 Å². The molecular weight excluding hydrogens is 192 g/mol. The Balaban J connectivity index is 2.44. The summed E-state index contributed by atoms with van der Waals surface area (Å²) >= 11 is 0. The fourth-order valence-corrected chi connectivity index (χ4v) is 1.27. The highest BCUT2D eigenvalue weighted by Crippen LogP contribution is 2.23. The second-order valence-electron chi connectivity index (χ2n) is 3.05. The molecule has 0 saturated heterocycles. The molecule has 0 saturated carbocycles. The quantitative estimate of drug-likeness (QED) is 0.807. The first-order chi connectivity index (χ1) is 7.29. The molecule has 0 aliphatic carbocycles. The summed E-state index contributed by atoms with van der Waals surface area (Å²) in [6.07, 6.45) is 6.37. The third-order valence-electron chi connectivity index (χ3n) is 2.01. The highest BCUT2D eigenvalue weighted by molar-refractivity contribution is 5.64. The van der Waals surface area contributed by atoms with Gasteiger partial charge < -0.3 is 9.84 Å². The SMILES string of the molecule is COc1cncc(-c2cncc(O)c2)c1. The molecule has 4 heteroatoms. The zero-order valence-corrected chi connectivity index (χ0v) is 8.21. The zero-order chi connectivity index (χ0) is 10.7. The van der Waals surface area contributed by atoms with Gasteiger partial charge in [0.05, 0.1) is 19.5 Å². The smallest absolute Gasteiger partial charge is 0.137 e. The first-order valence-electron chi connectivity index (χ1n) is 4.43. The maximum atomic E-state index is 9.29. The van der Waals surface area contributed by atoms with Crippen molar-refractivity contribution >= 4 is 0 Å². The number of hydrogen-bond acceptors (Lipinski definition) is 4. The lowest BCUT2D eigenvalue weighted by molar-refractivity contribution is 0.413. The molecule has 0 fully saturated rings. The lowest BCUT2D eigenvalue weighted by Crippen LogP contribution is -1.86. The minimum Gasteiger partial charge on any atom is -0.506 e. The maximum Gasteiger partial charge on any atom is 0.137 e. The summed E-state index contributed by atoms with van der Waals surface area (Å²) < 4.78 is 5.06. The topological polar surface area (TPSA) is 55.2 Å². The molecule has 1 N–H and O–H groups in total. The van der Waals surface area contributed by atoms with Crippen molar-refractivity contribution in [2.75, 3.05) is 7.11 Å². The van der Waals surface area contributed by atoms with Crippen LogP contribution in [0, 0.1) is 0 Å². The van der Waals surface area contributed by atoms with Crippen LogP contribution in [0.25, 0.3) is 11.1 Å². The number of aromatic hydroxyl groups is 1. The predicted molar refractivity (Wildman–Crippen MR) is 55.7 cm³/mol. The summed E-state index contributed by atoms with van der Waals surface area (Å²) in [5, 5.41) is 9.29. The summed E-state index contributed by atoms with van der Waals surface area (Å²) in [6, 6.07) is 3.47. The number of pyridine rings is 2. The Morgan fingerprint density at radius 3 is 2.33 bits per heavy atom. The zero-order valence-electron chi connectivity index (χ0n) is 8.21. The Kier molecular flexibility index (Phi) is 2.49. The van der Waals surface area contributed by atoms with Crippen molar-refractivity contribution in [2.24, 2.45) is 0 Å². The van der Waals surface area contributed by atoms with E-state index in [1.165, 1.54) is 6.20 Å². The number of nitrogens with zero attached hydrogens (tertiary/aromatic N) is 2. The molecule has 4 nitrogen and oxygen atoms in total. The van der Waals surface area contributed by atoms with Crippen molar-refractivity contribution in [3.8, 4) is 22.6 Å². The summed E-state index contributed by atoms with van der Waals surface area (Å²) in [5.74, 6) is 0.811. The van der Waals surface area contributed by atoms with E-state index >= 15 is 0 Å². The van der Waals surface area contributed by atoms with Gasteiger partial charge in [-0.1, -0.05) is 0 Å². The van der Waals surface area contributed by atoms with E-state index in [-0.39, 0.29) is 5.75 Å². The summed E-state index contributed by atoms with van der Waals surface area (Å²) in [4.78, 5) is 7.92. The van der Waals surface area contributed by atoms with Crippen LogP contribution in [0.5, 0.6) is 11.5 Å². The Bertz CT molecular complexity index is 472. The third-order valence-corrected chi connectivity index (χ3v) is 2.01. The lowest BCUT2D eigenvalue weighted by atomic mass is 10.1. The number of rotatable bonds is 2. The summed E-state index contributed by atoms with van der Waals surface area (Å²) in [7, 11) is 1.58. The van der Waals surface area contributed by atoms with E-state index in [1.54, 1.807) is 31.8 Å². The average molecular weight is 202 g/mol. The van der Waals surface area contributed by atoms with Gasteiger partial charge in [0.2, 0.25) is 0 Å². The van der Waals surface area contributed by atoms with Crippen molar-refractivity contribution < 1.29 is 9.84 Å². The van der Waals surface area contributed by atoms with Gasteiger partial charge in [-0.2, -0.15) is 0 Å². The molecule has 2 heterocycles. The van der Waals surface area contributed by atoms with Gasteiger partial charge in [-0.25, -0.2) is 0 Å².